The van der Waals surface area contributed by atoms with Gasteiger partial charge in [0.25, 0.3) is 0 Å². The summed E-state index contributed by atoms with van der Waals surface area (Å²) in [5.74, 6) is 0.965. The summed E-state index contributed by atoms with van der Waals surface area (Å²) >= 11 is 0. The maximum absolute atomic E-state index is 5.38. The molecule has 1 saturated heterocycles. The van der Waals surface area contributed by atoms with Crippen molar-refractivity contribution in [3.8, 4) is 0 Å². The summed E-state index contributed by atoms with van der Waals surface area (Å²) in [4.78, 5) is 6.71. The Bertz CT molecular complexity index is 356. The monoisotopic (exact) mass is 235 g/mol. The van der Waals surface area contributed by atoms with Crippen molar-refractivity contribution in [1.29, 1.82) is 0 Å². The highest BCUT2D eigenvalue weighted by Crippen LogP contribution is 2.16. The van der Waals surface area contributed by atoms with Gasteiger partial charge in [-0.2, -0.15) is 0 Å². The number of aromatic nitrogens is 1. The van der Waals surface area contributed by atoms with Crippen LogP contribution in [0.2, 0.25) is 0 Å². The maximum Gasteiger partial charge on any atom is 0.126 e. The lowest BCUT2D eigenvalue weighted by atomic mass is 10.2. The molecule has 1 fully saturated rings. The van der Waals surface area contributed by atoms with Gasteiger partial charge in [0.2, 0.25) is 0 Å². The van der Waals surface area contributed by atoms with Crippen LogP contribution in [0.5, 0.6) is 0 Å². The quantitative estimate of drug-likeness (QED) is 0.843. The summed E-state index contributed by atoms with van der Waals surface area (Å²) in [6, 6.07) is 4.21. The molecule has 0 radical (unpaired) electrons. The van der Waals surface area contributed by atoms with Crippen LogP contribution in [0.4, 0.5) is 5.82 Å². The lowest BCUT2D eigenvalue weighted by Crippen LogP contribution is -2.22. The fraction of sp³-hybridized carbons (Fsp3) is 0.615. The number of nitrogens with one attached hydrogen (secondary N) is 1. The molecule has 0 saturated carbocycles. The van der Waals surface area contributed by atoms with Gasteiger partial charge < -0.3 is 10.1 Å². The number of ether oxygens (including phenoxy) is 1. The van der Waals surface area contributed by atoms with Gasteiger partial charge in [0.05, 0.1) is 6.10 Å². The molecule has 1 aromatic heterocycles. The van der Waals surface area contributed by atoms with Crippen molar-refractivity contribution < 1.29 is 4.74 Å². The van der Waals surface area contributed by atoms with Gasteiger partial charge in [0, 0.05) is 39.5 Å². The Kier molecular flexibility index (Phi) is 4.34. The van der Waals surface area contributed by atoms with Crippen molar-refractivity contribution >= 4 is 5.82 Å². The minimum Gasteiger partial charge on any atom is -0.380 e. The number of methoxy groups -OCH3 is 1. The van der Waals surface area contributed by atoms with Crippen LogP contribution in [-0.4, -0.2) is 42.7 Å². The van der Waals surface area contributed by atoms with E-state index in [1.54, 1.807) is 7.11 Å². The number of likely N-dealkylation sites (tertiary alicyclic amines) is 1. The third-order valence-corrected chi connectivity index (χ3v) is 3.15. The molecule has 1 N–H and O–H groups in total. The molecule has 94 valence electrons. The molecule has 4 heteroatoms. The summed E-state index contributed by atoms with van der Waals surface area (Å²) < 4.78 is 5.38. The summed E-state index contributed by atoms with van der Waals surface area (Å²) in [7, 11) is 1.80. The van der Waals surface area contributed by atoms with E-state index >= 15 is 0 Å². The number of rotatable bonds is 5. The van der Waals surface area contributed by atoms with Crippen molar-refractivity contribution in [2.45, 2.75) is 26.0 Å². The van der Waals surface area contributed by atoms with Gasteiger partial charge >= 0.3 is 0 Å². The Hall–Kier alpha value is -1.13. The van der Waals surface area contributed by atoms with Crippen LogP contribution in [-0.2, 0) is 11.3 Å². The van der Waals surface area contributed by atoms with Gasteiger partial charge in [-0.25, -0.2) is 4.98 Å². The average molecular weight is 235 g/mol. The highest BCUT2D eigenvalue weighted by atomic mass is 16.5. The summed E-state index contributed by atoms with van der Waals surface area (Å²) in [6.45, 7) is 6.14. The molecule has 4 nitrogen and oxygen atoms in total. The Labute approximate surface area is 103 Å². The zero-order chi connectivity index (χ0) is 12.1. The smallest absolute Gasteiger partial charge is 0.126 e. The first kappa shape index (κ1) is 12.3. The Balaban J connectivity index is 1.92. The van der Waals surface area contributed by atoms with Gasteiger partial charge in [0.1, 0.15) is 5.82 Å². The van der Waals surface area contributed by atoms with Crippen LogP contribution in [0.25, 0.3) is 0 Å². The van der Waals surface area contributed by atoms with E-state index in [0.717, 1.165) is 38.4 Å². The number of hydrogen-bond donors (Lipinski definition) is 1. The number of anilines is 1. The number of hydrogen-bond acceptors (Lipinski definition) is 4. The SMILES string of the molecule is CCNc1cc(CN2CCC(OC)C2)ccn1. The molecule has 0 amide bonds. The molecule has 1 atom stereocenters. The molecule has 0 aromatic carbocycles. The predicted molar refractivity (Wildman–Crippen MR) is 69.1 cm³/mol. The van der Waals surface area contributed by atoms with Gasteiger partial charge in [-0.3, -0.25) is 4.90 Å². The molecular weight excluding hydrogens is 214 g/mol. The first-order valence-electron chi connectivity index (χ1n) is 6.25. The lowest BCUT2D eigenvalue weighted by Gasteiger charge is -2.16. The van der Waals surface area contributed by atoms with Gasteiger partial charge in [-0.15, -0.1) is 0 Å². The normalized spacial score (nSPS) is 20.7. The van der Waals surface area contributed by atoms with Gasteiger partial charge in [0.15, 0.2) is 0 Å². The van der Waals surface area contributed by atoms with Gasteiger partial charge in [-0.05, 0) is 31.0 Å². The second-order valence-electron chi connectivity index (χ2n) is 4.46. The predicted octanol–water partition coefficient (Wildman–Crippen LogP) is 1.73. The fourth-order valence-corrected chi connectivity index (χ4v) is 2.24. The van der Waals surface area contributed by atoms with Crippen molar-refractivity contribution in [2.75, 3.05) is 32.1 Å². The molecule has 1 unspecified atom stereocenters. The molecule has 1 aromatic rings. The van der Waals surface area contributed by atoms with Crippen LogP contribution in [0.15, 0.2) is 18.3 Å². The molecule has 0 aliphatic carbocycles. The standard InChI is InChI=1S/C13H21N3O/c1-3-14-13-8-11(4-6-15-13)9-16-7-5-12(10-16)17-2/h4,6,8,12H,3,5,7,9-10H2,1-2H3,(H,14,15). The van der Waals surface area contributed by atoms with Crippen LogP contribution in [0, 0.1) is 0 Å². The van der Waals surface area contributed by atoms with E-state index in [2.05, 4.69) is 34.3 Å². The van der Waals surface area contributed by atoms with Crippen molar-refractivity contribution in [1.82, 2.24) is 9.88 Å². The second kappa shape index (κ2) is 5.98. The second-order valence-corrected chi connectivity index (χ2v) is 4.46. The third kappa shape index (κ3) is 3.41. The minimum atomic E-state index is 0.407. The highest BCUT2D eigenvalue weighted by molar-refractivity contribution is 5.37. The fourth-order valence-electron chi connectivity index (χ4n) is 2.24. The molecule has 1 aliphatic heterocycles. The molecule has 1 aliphatic rings. The van der Waals surface area contributed by atoms with E-state index in [0.29, 0.717) is 6.10 Å². The van der Waals surface area contributed by atoms with Crippen LogP contribution >= 0.6 is 0 Å². The molecule has 2 heterocycles. The first-order chi connectivity index (χ1) is 8.31. The zero-order valence-electron chi connectivity index (χ0n) is 10.6. The van der Waals surface area contributed by atoms with Crippen LogP contribution in [0.3, 0.4) is 0 Å². The molecule has 2 rings (SSSR count). The lowest BCUT2D eigenvalue weighted by molar-refractivity contribution is 0.107. The van der Waals surface area contributed by atoms with Crippen LogP contribution in [0.1, 0.15) is 18.9 Å². The molecule has 0 bridgehead atoms. The number of nitrogens with zero attached hydrogens (tertiary/aromatic N) is 2. The van der Waals surface area contributed by atoms with E-state index in [9.17, 15) is 0 Å². The van der Waals surface area contributed by atoms with E-state index in [-0.39, 0.29) is 0 Å². The van der Waals surface area contributed by atoms with Crippen molar-refractivity contribution in [3.63, 3.8) is 0 Å². The summed E-state index contributed by atoms with van der Waals surface area (Å²) in [5.41, 5.74) is 1.31. The molecule has 0 spiro atoms. The Morgan fingerprint density at radius 3 is 3.18 bits per heavy atom. The number of pyridine rings is 1. The Morgan fingerprint density at radius 1 is 1.59 bits per heavy atom. The highest BCUT2D eigenvalue weighted by Gasteiger charge is 2.21. The first-order valence-corrected chi connectivity index (χ1v) is 6.25. The van der Waals surface area contributed by atoms with Crippen molar-refractivity contribution in [2.24, 2.45) is 0 Å². The van der Waals surface area contributed by atoms with E-state index in [1.807, 2.05) is 6.20 Å². The summed E-state index contributed by atoms with van der Waals surface area (Å²) in [5, 5.41) is 3.24. The van der Waals surface area contributed by atoms with E-state index in [1.165, 1.54) is 5.56 Å². The molecular formula is C13H21N3O. The van der Waals surface area contributed by atoms with Crippen LogP contribution < -0.4 is 5.32 Å². The topological polar surface area (TPSA) is 37.4 Å². The van der Waals surface area contributed by atoms with Gasteiger partial charge in [-0.1, -0.05) is 0 Å². The minimum absolute atomic E-state index is 0.407. The molecule has 17 heavy (non-hydrogen) atoms. The average Bonchev–Trinajstić information content (AvgIpc) is 2.78. The van der Waals surface area contributed by atoms with E-state index < -0.39 is 0 Å². The van der Waals surface area contributed by atoms with Crippen molar-refractivity contribution in [3.05, 3.63) is 23.9 Å². The maximum atomic E-state index is 5.38. The zero-order valence-corrected chi connectivity index (χ0v) is 10.6. The largest absolute Gasteiger partial charge is 0.380 e. The summed E-state index contributed by atoms with van der Waals surface area (Å²) in [6.07, 6.45) is 3.42. The third-order valence-electron chi connectivity index (χ3n) is 3.15. The van der Waals surface area contributed by atoms with E-state index in [4.69, 9.17) is 4.74 Å². The Morgan fingerprint density at radius 2 is 2.47 bits per heavy atom.